The lowest BCUT2D eigenvalue weighted by atomic mass is 10.2. The third-order valence-electron chi connectivity index (χ3n) is 4.01. The maximum Gasteiger partial charge on any atom is 0.263 e. The zero-order valence-electron chi connectivity index (χ0n) is 14.3. The topological polar surface area (TPSA) is 114 Å². The zero-order chi connectivity index (χ0) is 19.3. The Morgan fingerprint density at radius 2 is 1.92 bits per heavy atom. The standard InChI is InChI=1S/C15H17N3O5S3/c1-9-8-12(18-14(19)6-7-25(18,20)21)4-5-13(9)26(22,23)17-15-16-10(2)11(3)24-15/h4-5,8H,6-7H2,1-3H3,(H,16,17). The smallest absolute Gasteiger partial charge is 0.263 e. The minimum atomic E-state index is -3.88. The van der Waals surface area contributed by atoms with Crippen molar-refractivity contribution in [3.8, 4) is 0 Å². The minimum Gasteiger partial charge on any atom is -0.273 e. The fourth-order valence-electron chi connectivity index (χ4n) is 2.62. The summed E-state index contributed by atoms with van der Waals surface area (Å²) in [6.07, 6.45) is -0.0776. The molecule has 140 valence electrons. The van der Waals surface area contributed by atoms with E-state index in [0.717, 1.165) is 14.9 Å². The van der Waals surface area contributed by atoms with Gasteiger partial charge in [-0.1, -0.05) is 0 Å². The van der Waals surface area contributed by atoms with Crippen molar-refractivity contribution in [2.75, 3.05) is 14.8 Å². The molecule has 1 saturated heterocycles. The first-order valence-electron chi connectivity index (χ1n) is 7.64. The van der Waals surface area contributed by atoms with Gasteiger partial charge in [0.05, 0.1) is 22.0 Å². The number of carbonyl (C=O) groups is 1. The molecule has 0 aliphatic carbocycles. The maximum absolute atomic E-state index is 12.6. The third kappa shape index (κ3) is 3.33. The van der Waals surface area contributed by atoms with Crippen LogP contribution < -0.4 is 9.03 Å². The fourth-order valence-corrected chi connectivity index (χ4v) is 6.35. The van der Waals surface area contributed by atoms with Gasteiger partial charge in [-0.15, -0.1) is 11.3 Å². The van der Waals surface area contributed by atoms with Crippen LogP contribution in [-0.2, 0) is 24.8 Å². The van der Waals surface area contributed by atoms with E-state index >= 15 is 0 Å². The highest BCUT2D eigenvalue weighted by Crippen LogP contribution is 2.30. The summed E-state index contributed by atoms with van der Waals surface area (Å²) in [5, 5.41) is 0.265. The van der Waals surface area contributed by atoms with Crippen LogP contribution in [0.2, 0.25) is 0 Å². The van der Waals surface area contributed by atoms with Gasteiger partial charge in [0, 0.05) is 11.3 Å². The third-order valence-corrected chi connectivity index (χ3v) is 8.32. The molecule has 1 aromatic heterocycles. The van der Waals surface area contributed by atoms with Crippen molar-refractivity contribution in [3.63, 3.8) is 0 Å². The molecular formula is C15H17N3O5S3. The number of aromatic nitrogens is 1. The van der Waals surface area contributed by atoms with Gasteiger partial charge in [-0.2, -0.15) is 0 Å². The Kier molecular flexibility index (Phi) is 4.57. The van der Waals surface area contributed by atoms with Crippen molar-refractivity contribution >= 4 is 48.1 Å². The van der Waals surface area contributed by atoms with Crippen LogP contribution in [0.15, 0.2) is 23.1 Å². The van der Waals surface area contributed by atoms with Crippen LogP contribution in [0.5, 0.6) is 0 Å². The average Bonchev–Trinajstić information content (AvgIpc) is 2.96. The first kappa shape index (κ1) is 18.8. The lowest BCUT2D eigenvalue weighted by Crippen LogP contribution is -2.29. The number of thiazole rings is 1. The molecule has 0 radical (unpaired) electrons. The molecular weight excluding hydrogens is 398 g/mol. The first-order valence-corrected chi connectivity index (χ1v) is 11.6. The number of anilines is 2. The summed E-state index contributed by atoms with van der Waals surface area (Å²) in [7, 11) is -7.58. The van der Waals surface area contributed by atoms with Gasteiger partial charge in [0.2, 0.25) is 15.9 Å². The number of amides is 1. The van der Waals surface area contributed by atoms with E-state index in [4.69, 9.17) is 0 Å². The van der Waals surface area contributed by atoms with Gasteiger partial charge in [0.1, 0.15) is 0 Å². The molecule has 2 heterocycles. The number of benzene rings is 1. The summed E-state index contributed by atoms with van der Waals surface area (Å²) in [6, 6.07) is 4.00. The highest BCUT2D eigenvalue weighted by molar-refractivity contribution is 7.94. The van der Waals surface area contributed by atoms with Crippen LogP contribution in [0, 0.1) is 20.8 Å². The number of rotatable bonds is 4. The summed E-state index contributed by atoms with van der Waals surface area (Å²) in [5.41, 5.74) is 1.22. The maximum atomic E-state index is 12.6. The van der Waals surface area contributed by atoms with E-state index in [2.05, 4.69) is 9.71 Å². The highest BCUT2D eigenvalue weighted by atomic mass is 32.2. The molecule has 1 aliphatic heterocycles. The molecule has 1 aliphatic rings. The number of nitrogens with zero attached hydrogens (tertiary/aromatic N) is 2. The zero-order valence-corrected chi connectivity index (χ0v) is 16.8. The number of aryl methyl sites for hydroxylation is 3. The van der Waals surface area contributed by atoms with Crippen molar-refractivity contribution < 1.29 is 21.6 Å². The van der Waals surface area contributed by atoms with Crippen molar-refractivity contribution in [1.82, 2.24) is 4.98 Å². The highest BCUT2D eigenvalue weighted by Gasteiger charge is 2.36. The predicted octanol–water partition coefficient (Wildman–Crippen LogP) is 1.94. The van der Waals surface area contributed by atoms with Crippen LogP contribution in [0.1, 0.15) is 22.6 Å². The average molecular weight is 416 g/mol. The summed E-state index contributed by atoms with van der Waals surface area (Å²) in [5.74, 6) is -0.762. The second-order valence-electron chi connectivity index (χ2n) is 5.94. The van der Waals surface area contributed by atoms with E-state index in [-0.39, 0.29) is 27.9 Å². The Balaban J connectivity index is 1.95. The van der Waals surface area contributed by atoms with Crippen LogP contribution in [-0.4, -0.2) is 33.5 Å². The molecule has 0 bridgehead atoms. The van der Waals surface area contributed by atoms with E-state index < -0.39 is 26.0 Å². The van der Waals surface area contributed by atoms with Gasteiger partial charge in [0.25, 0.3) is 10.0 Å². The Morgan fingerprint density at radius 1 is 1.23 bits per heavy atom. The normalized spacial score (nSPS) is 16.9. The monoisotopic (exact) mass is 415 g/mol. The summed E-state index contributed by atoms with van der Waals surface area (Å²) in [4.78, 5) is 16.9. The number of hydrogen-bond acceptors (Lipinski definition) is 7. The van der Waals surface area contributed by atoms with E-state index in [0.29, 0.717) is 5.56 Å². The molecule has 26 heavy (non-hydrogen) atoms. The van der Waals surface area contributed by atoms with E-state index in [1.165, 1.54) is 29.5 Å². The van der Waals surface area contributed by atoms with Gasteiger partial charge in [-0.05, 0) is 44.5 Å². The Bertz CT molecular complexity index is 1080. The number of hydrogen-bond donors (Lipinski definition) is 1. The van der Waals surface area contributed by atoms with Crippen LogP contribution in [0.4, 0.5) is 10.8 Å². The van der Waals surface area contributed by atoms with Crippen LogP contribution in [0.3, 0.4) is 0 Å². The molecule has 0 atom stereocenters. The molecule has 11 heteroatoms. The molecule has 0 spiro atoms. The molecule has 1 aromatic carbocycles. The lowest BCUT2D eigenvalue weighted by molar-refractivity contribution is -0.116. The van der Waals surface area contributed by atoms with Crippen molar-refractivity contribution in [2.24, 2.45) is 0 Å². The Labute approximate surface area is 156 Å². The van der Waals surface area contributed by atoms with Gasteiger partial charge in [0.15, 0.2) is 5.13 Å². The predicted molar refractivity (Wildman–Crippen MR) is 99.5 cm³/mol. The first-order chi connectivity index (χ1) is 12.0. The molecule has 1 N–H and O–H groups in total. The van der Waals surface area contributed by atoms with Crippen molar-refractivity contribution in [3.05, 3.63) is 34.3 Å². The second-order valence-corrected chi connectivity index (χ2v) is 10.7. The van der Waals surface area contributed by atoms with Crippen molar-refractivity contribution in [2.45, 2.75) is 32.1 Å². The van der Waals surface area contributed by atoms with Gasteiger partial charge >= 0.3 is 0 Å². The van der Waals surface area contributed by atoms with Crippen LogP contribution in [0.25, 0.3) is 0 Å². The minimum absolute atomic E-state index is 0.00389. The Hall–Kier alpha value is -1.98. The van der Waals surface area contributed by atoms with Crippen molar-refractivity contribution in [1.29, 1.82) is 0 Å². The number of carbonyl (C=O) groups excluding carboxylic acids is 1. The molecule has 2 aromatic rings. The van der Waals surface area contributed by atoms with Gasteiger partial charge in [-0.25, -0.2) is 26.1 Å². The molecule has 0 unspecified atom stereocenters. The largest absolute Gasteiger partial charge is 0.273 e. The SMILES string of the molecule is Cc1cc(N2C(=O)CCS2(=O)=O)ccc1S(=O)(=O)Nc1nc(C)c(C)s1. The fraction of sp³-hybridized carbons (Fsp3) is 0.333. The molecule has 0 saturated carbocycles. The van der Waals surface area contributed by atoms with Gasteiger partial charge < -0.3 is 0 Å². The molecule has 1 amide bonds. The summed E-state index contributed by atoms with van der Waals surface area (Å²) in [6.45, 7) is 5.18. The Morgan fingerprint density at radius 3 is 2.42 bits per heavy atom. The quantitative estimate of drug-likeness (QED) is 0.816. The van der Waals surface area contributed by atoms with E-state index in [1.807, 2.05) is 6.92 Å². The molecule has 8 nitrogen and oxygen atoms in total. The molecule has 1 fully saturated rings. The van der Waals surface area contributed by atoms with Crippen LogP contribution >= 0.6 is 11.3 Å². The second kappa shape index (κ2) is 6.32. The summed E-state index contributed by atoms with van der Waals surface area (Å²) < 4.78 is 52.4. The lowest BCUT2D eigenvalue weighted by Gasteiger charge is -2.17. The van der Waals surface area contributed by atoms with E-state index in [9.17, 15) is 21.6 Å². The number of sulfonamides is 2. The molecule has 3 rings (SSSR count). The number of nitrogens with one attached hydrogen (secondary N) is 1. The van der Waals surface area contributed by atoms with Gasteiger partial charge in [-0.3, -0.25) is 9.52 Å². The van der Waals surface area contributed by atoms with E-state index in [1.54, 1.807) is 13.8 Å². The summed E-state index contributed by atoms with van der Waals surface area (Å²) >= 11 is 1.23.